The molecule has 0 atom stereocenters. The van der Waals surface area contributed by atoms with Gasteiger partial charge in [0.05, 0.1) is 21.8 Å². The van der Waals surface area contributed by atoms with Gasteiger partial charge in [-0.05, 0) is 30.3 Å². The molecule has 0 aliphatic rings. The van der Waals surface area contributed by atoms with E-state index >= 15 is 0 Å². The van der Waals surface area contributed by atoms with E-state index in [0.29, 0.717) is 33.6 Å². The van der Waals surface area contributed by atoms with Crippen molar-refractivity contribution in [2.45, 2.75) is 19.8 Å². The van der Waals surface area contributed by atoms with E-state index in [9.17, 15) is 4.79 Å². The smallest absolute Gasteiger partial charge is 0.260 e. The number of rotatable bonds is 4. The van der Waals surface area contributed by atoms with Crippen LogP contribution in [0.15, 0.2) is 47.0 Å². The Hall–Kier alpha value is -2.37. The van der Waals surface area contributed by atoms with E-state index in [1.165, 1.54) is 6.07 Å². The summed E-state index contributed by atoms with van der Waals surface area (Å²) in [6, 6.07) is 11.9. The fourth-order valence-electron chi connectivity index (χ4n) is 2.22. The van der Waals surface area contributed by atoms with Crippen LogP contribution in [0.1, 0.15) is 35.9 Å². The maximum atomic E-state index is 12.5. The zero-order chi connectivity index (χ0) is 18.0. The molecular weight excluding hydrogens is 361 g/mol. The number of aromatic nitrogens is 2. The number of hydrogen-bond donors (Lipinski definition) is 1. The summed E-state index contributed by atoms with van der Waals surface area (Å²) in [5.74, 6) is 0.753. The van der Waals surface area contributed by atoms with Gasteiger partial charge in [0.2, 0.25) is 0 Å². The molecule has 0 unspecified atom stereocenters. The van der Waals surface area contributed by atoms with Crippen molar-refractivity contribution in [3.8, 4) is 11.5 Å². The first-order valence-corrected chi connectivity index (χ1v) is 8.40. The lowest BCUT2D eigenvalue weighted by molar-refractivity contribution is 0.102. The van der Waals surface area contributed by atoms with Crippen LogP contribution in [0, 0.1) is 0 Å². The highest BCUT2D eigenvalue weighted by molar-refractivity contribution is 6.37. The Morgan fingerprint density at radius 2 is 1.92 bits per heavy atom. The van der Waals surface area contributed by atoms with Gasteiger partial charge in [0, 0.05) is 10.9 Å². The van der Waals surface area contributed by atoms with Crippen LogP contribution in [0.5, 0.6) is 0 Å². The van der Waals surface area contributed by atoms with E-state index in [2.05, 4.69) is 15.5 Å². The van der Waals surface area contributed by atoms with Gasteiger partial charge in [-0.25, -0.2) is 0 Å². The van der Waals surface area contributed by atoms with E-state index in [0.717, 1.165) is 0 Å². The molecule has 0 saturated heterocycles. The molecule has 7 heteroatoms. The fourth-order valence-corrected chi connectivity index (χ4v) is 2.71. The molecule has 0 bridgehead atoms. The van der Waals surface area contributed by atoms with Crippen LogP contribution in [-0.4, -0.2) is 16.0 Å². The van der Waals surface area contributed by atoms with E-state index in [4.69, 9.17) is 27.7 Å². The molecule has 5 nitrogen and oxygen atoms in total. The molecule has 2 aromatic carbocycles. The Kier molecular flexibility index (Phi) is 5.06. The highest BCUT2D eigenvalue weighted by Gasteiger charge is 2.17. The summed E-state index contributed by atoms with van der Waals surface area (Å²) < 4.78 is 5.32. The number of halogens is 2. The number of anilines is 1. The van der Waals surface area contributed by atoms with Gasteiger partial charge in [0.1, 0.15) is 0 Å². The van der Waals surface area contributed by atoms with E-state index in [1.54, 1.807) is 24.3 Å². The number of nitrogens with one attached hydrogen (secondary N) is 1. The normalized spacial score (nSPS) is 10.9. The van der Waals surface area contributed by atoms with Crippen molar-refractivity contribution in [2.75, 3.05) is 5.32 Å². The molecule has 1 aromatic heterocycles. The van der Waals surface area contributed by atoms with Gasteiger partial charge < -0.3 is 9.84 Å². The SMILES string of the molecule is CC(C)c1noc(-c2ccccc2NC(=O)c2ccc(Cl)cc2Cl)n1. The number of hydrogen-bond acceptors (Lipinski definition) is 4. The molecule has 3 rings (SSSR count). The Balaban J connectivity index is 1.91. The van der Waals surface area contributed by atoms with Crippen molar-refractivity contribution in [1.82, 2.24) is 10.1 Å². The van der Waals surface area contributed by atoms with Crippen molar-refractivity contribution in [3.63, 3.8) is 0 Å². The molecule has 0 saturated carbocycles. The van der Waals surface area contributed by atoms with Crippen molar-refractivity contribution >= 4 is 34.8 Å². The Labute approximate surface area is 155 Å². The summed E-state index contributed by atoms with van der Waals surface area (Å²) in [7, 11) is 0. The molecule has 0 spiro atoms. The average molecular weight is 376 g/mol. The van der Waals surface area contributed by atoms with E-state index < -0.39 is 0 Å². The van der Waals surface area contributed by atoms with E-state index in [-0.39, 0.29) is 16.8 Å². The third kappa shape index (κ3) is 3.83. The predicted octanol–water partition coefficient (Wildman–Crippen LogP) is 5.42. The van der Waals surface area contributed by atoms with Crippen LogP contribution in [0.3, 0.4) is 0 Å². The molecule has 1 N–H and O–H groups in total. The number of carbonyl (C=O) groups excluding carboxylic acids is 1. The topological polar surface area (TPSA) is 68.0 Å². The Morgan fingerprint density at radius 1 is 1.16 bits per heavy atom. The molecule has 25 heavy (non-hydrogen) atoms. The van der Waals surface area contributed by atoms with Crippen molar-refractivity contribution in [3.05, 3.63) is 63.9 Å². The summed E-state index contributed by atoms with van der Waals surface area (Å²) in [5, 5.41) is 7.54. The highest BCUT2D eigenvalue weighted by Crippen LogP contribution is 2.29. The molecule has 0 aliphatic carbocycles. The first-order chi connectivity index (χ1) is 12.0. The third-order valence-electron chi connectivity index (χ3n) is 3.54. The summed E-state index contributed by atoms with van der Waals surface area (Å²) in [4.78, 5) is 16.9. The van der Waals surface area contributed by atoms with Gasteiger partial charge in [0.15, 0.2) is 5.82 Å². The molecule has 0 aliphatic heterocycles. The molecule has 0 fully saturated rings. The summed E-state index contributed by atoms with van der Waals surface area (Å²) in [6.07, 6.45) is 0. The standard InChI is InChI=1S/C18H15Cl2N3O2/c1-10(2)16-22-18(25-23-16)13-5-3-4-6-15(13)21-17(24)12-8-7-11(19)9-14(12)20/h3-10H,1-2H3,(H,21,24). The van der Waals surface area contributed by atoms with Gasteiger partial charge in [-0.15, -0.1) is 0 Å². The fraction of sp³-hybridized carbons (Fsp3) is 0.167. The van der Waals surface area contributed by atoms with Gasteiger partial charge >= 0.3 is 0 Å². The zero-order valence-electron chi connectivity index (χ0n) is 13.6. The molecule has 1 heterocycles. The minimum atomic E-state index is -0.349. The van der Waals surface area contributed by atoms with Gasteiger partial charge in [-0.3, -0.25) is 4.79 Å². The van der Waals surface area contributed by atoms with Crippen molar-refractivity contribution in [1.29, 1.82) is 0 Å². The summed E-state index contributed by atoms with van der Waals surface area (Å²) >= 11 is 12.0. The molecule has 128 valence electrons. The highest BCUT2D eigenvalue weighted by atomic mass is 35.5. The second kappa shape index (κ2) is 7.25. The first-order valence-electron chi connectivity index (χ1n) is 7.65. The van der Waals surface area contributed by atoms with Gasteiger partial charge in [-0.1, -0.05) is 54.3 Å². The lowest BCUT2D eigenvalue weighted by Crippen LogP contribution is -2.13. The predicted molar refractivity (Wildman–Crippen MR) is 98.2 cm³/mol. The molecule has 1 amide bonds. The number of nitrogens with zero attached hydrogens (tertiary/aromatic N) is 2. The molecule has 0 radical (unpaired) electrons. The Bertz CT molecular complexity index is 922. The van der Waals surface area contributed by atoms with Gasteiger partial charge in [0.25, 0.3) is 11.8 Å². The number of benzene rings is 2. The second-order valence-corrected chi connectivity index (χ2v) is 6.58. The second-order valence-electron chi connectivity index (χ2n) is 5.74. The number of para-hydroxylation sites is 1. The lowest BCUT2D eigenvalue weighted by atomic mass is 10.1. The average Bonchev–Trinajstić information content (AvgIpc) is 3.05. The lowest BCUT2D eigenvalue weighted by Gasteiger charge is -2.09. The van der Waals surface area contributed by atoms with E-state index in [1.807, 2.05) is 26.0 Å². The maximum Gasteiger partial charge on any atom is 0.260 e. The van der Waals surface area contributed by atoms with Crippen LogP contribution < -0.4 is 5.32 Å². The van der Waals surface area contributed by atoms with Crippen LogP contribution in [-0.2, 0) is 0 Å². The third-order valence-corrected chi connectivity index (χ3v) is 4.09. The summed E-state index contributed by atoms with van der Waals surface area (Å²) in [5.41, 5.74) is 1.52. The minimum Gasteiger partial charge on any atom is -0.334 e. The monoisotopic (exact) mass is 375 g/mol. The minimum absolute atomic E-state index is 0.145. The van der Waals surface area contributed by atoms with Crippen LogP contribution >= 0.6 is 23.2 Å². The quantitative estimate of drug-likeness (QED) is 0.660. The molecular formula is C18H15Cl2N3O2. The first kappa shape index (κ1) is 17.5. The van der Waals surface area contributed by atoms with Crippen molar-refractivity contribution < 1.29 is 9.32 Å². The zero-order valence-corrected chi connectivity index (χ0v) is 15.1. The van der Waals surface area contributed by atoms with Gasteiger partial charge in [-0.2, -0.15) is 4.98 Å². The maximum absolute atomic E-state index is 12.5. The van der Waals surface area contributed by atoms with Crippen LogP contribution in [0.4, 0.5) is 5.69 Å². The summed E-state index contributed by atoms with van der Waals surface area (Å²) in [6.45, 7) is 3.95. The number of amides is 1. The van der Waals surface area contributed by atoms with Crippen molar-refractivity contribution in [2.24, 2.45) is 0 Å². The van der Waals surface area contributed by atoms with Crippen LogP contribution in [0.2, 0.25) is 10.0 Å². The van der Waals surface area contributed by atoms with Crippen LogP contribution in [0.25, 0.3) is 11.5 Å². The molecule has 3 aromatic rings. The largest absolute Gasteiger partial charge is 0.334 e. The Morgan fingerprint density at radius 3 is 2.60 bits per heavy atom. The number of carbonyl (C=O) groups is 1.